The van der Waals surface area contributed by atoms with Crippen molar-refractivity contribution in [3.63, 3.8) is 0 Å². The second-order valence-electron chi connectivity index (χ2n) is 6.22. The first kappa shape index (κ1) is 19.1. The van der Waals surface area contributed by atoms with Gasteiger partial charge in [-0.25, -0.2) is 13.1 Å². The molecule has 26 heavy (non-hydrogen) atoms. The first-order valence-corrected chi connectivity index (χ1v) is 10.2. The highest BCUT2D eigenvalue weighted by Gasteiger charge is 2.40. The van der Waals surface area contributed by atoms with Gasteiger partial charge in [-0.3, -0.25) is 4.79 Å². The molecule has 0 bridgehead atoms. The van der Waals surface area contributed by atoms with E-state index in [1.807, 2.05) is 6.92 Å². The minimum Gasteiger partial charge on any atom is -0.494 e. The van der Waals surface area contributed by atoms with Crippen molar-refractivity contribution in [3.8, 4) is 5.75 Å². The number of piperidine rings is 1. The lowest BCUT2D eigenvalue weighted by molar-refractivity contribution is -0.187. The summed E-state index contributed by atoms with van der Waals surface area (Å²) in [6.45, 7) is 4.22. The van der Waals surface area contributed by atoms with Gasteiger partial charge in [0.2, 0.25) is 15.9 Å². The Balaban J connectivity index is 1.52. The van der Waals surface area contributed by atoms with Crippen molar-refractivity contribution in [2.24, 2.45) is 0 Å². The molecule has 2 fully saturated rings. The van der Waals surface area contributed by atoms with Gasteiger partial charge in [-0.15, -0.1) is 0 Å². The lowest BCUT2D eigenvalue weighted by Gasteiger charge is -2.37. The van der Waals surface area contributed by atoms with Crippen molar-refractivity contribution in [2.75, 3.05) is 39.5 Å². The van der Waals surface area contributed by atoms with E-state index in [1.165, 1.54) is 12.1 Å². The number of carbonyl (C=O) groups excluding carboxylic acids is 1. The summed E-state index contributed by atoms with van der Waals surface area (Å²) < 4.78 is 43.6. The van der Waals surface area contributed by atoms with E-state index in [0.29, 0.717) is 51.5 Å². The summed E-state index contributed by atoms with van der Waals surface area (Å²) in [7, 11) is -3.75. The Kier molecular flexibility index (Phi) is 5.81. The summed E-state index contributed by atoms with van der Waals surface area (Å²) in [5, 5.41) is 0. The van der Waals surface area contributed by atoms with Crippen LogP contribution in [0.25, 0.3) is 0 Å². The molecule has 0 aliphatic carbocycles. The van der Waals surface area contributed by atoms with Crippen LogP contribution in [0.15, 0.2) is 29.2 Å². The number of benzene rings is 1. The van der Waals surface area contributed by atoms with E-state index in [2.05, 4.69) is 4.72 Å². The summed E-state index contributed by atoms with van der Waals surface area (Å²) in [5.74, 6) is -0.216. The van der Waals surface area contributed by atoms with E-state index in [4.69, 9.17) is 14.2 Å². The summed E-state index contributed by atoms with van der Waals surface area (Å²) in [5.41, 5.74) is 0. The lowest BCUT2D eigenvalue weighted by atomic mass is 10.0. The zero-order valence-corrected chi connectivity index (χ0v) is 15.6. The highest BCUT2D eigenvalue weighted by Crippen LogP contribution is 2.31. The zero-order valence-electron chi connectivity index (χ0n) is 14.8. The van der Waals surface area contributed by atoms with Crippen LogP contribution in [0.2, 0.25) is 0 Å². The third-order valence-electron chi connectivity index (χ3n) is 4.55. The molecule has 3 rings (SSSR count). The average Bonchev–Trinajstić information content (AvgIpc) is 3.09. The van der Waals surface area contributed by atoms with Gasteiger partial charge in [0.1, 0.15) is 5.75 Å². The summed E-state index contributed by atoms with van der Waals surface area (Å²) in [6.07, 6.45) is 1.20. The number of nitrogens with one attached hydrogen (secondary N) is 1. The molecule has 144 valence electrons. The largest absolute Gasteiger partial charge is 0.494 e. The van der Waals surface area contributed by atoms with Crippen molar-refractivity contribution in [2.45, 2.75) is 30.4 Å². The van der Waals surface area contributed by atoms with Crippen LogP contribution in [-0.4, -0.2) is 64.5 Å². The molecule has 1 spiro atoms. The summed E-state index contributed by atoms with van der Waals surface area (Å²) >= 11 is 0. The van der Waals surface area contributed by atoms with Gasteiger partial charge in [-0.2, -0.15) is 0 Å². The van der Waals surface area contributed by atoms with Crippen LogP contribution in [0.5, 0.6) is 5.75 Å². The van der Waals surface area contributed by atoms with E-state index >= 15 is 0 Å². The fourth-order valence-electron chi connectivity index (χ4n) is 3.12. The lowest BCUT2D eigenvalue weighted by Crippen LogP contribution is -2.49. The van der Waals surface area contributed by atoms with Gasteiger partial charge in [0, 0.05) is 25.9 Å². The Bertz CT molecular complexity index is 718. The first-order chi connectivity index (χ1) is 12.4. The van der Waals surface area contributed by atoms with E-state index in [0.717, 1.165) is 0 Å². The third kappa shape index (κ3) is 4.35. The van der Waals surface area contributed by atoms with Crippen LogP contribution in [0.1, 0.15) is 19.8 Å². The van der Waals surface area contributed by atoms with Gasteiger partial charge < -0.3 is 19.1 Å². The maximum absolute atomic E-state index is 12.3. The average molecular weight is 384 g/mol. The van der Waals surface area contributed by atoms with Crippen LogP contribution < -0.4 is 9.46 Å². The van der Waals surface area contributed by atoms with Crippen molar-refractivity contribution in [1.29, 1.82) is 0 Å². The Hall–Kier alpha value is -1.68. The number of carbonyl (C=O) groups is 1. The smallest absolute Gasteiger partial charge is 0.241 e. The molecular weight excluding hydrogens is 360 g/mol. The number of likely N-dealkylation sites (tertiary alicyclic amines) is 1. The third-order valence-corrected chi connectivity index (χ3v) is 5.97. The number of sulfonamides is 1. The molecule has 2 heterocycles. The van der Waals surface area contributed by atoms with Crippen molar-refractivity contribution >= 4 is 15.9 Å². The Morgan fingerprint density at radius 1 is 1.19 bits per heavy atom. The summed E-state index contributed by atoms with van der Waals surface area (Å²) in [4.78, 5) is 14.0. The molecule has 0 unspecified atom stereocenters. The van der Waals surface area contributed by atoms with E-state index in [-0.39, 0.29) is 17.3 Å². The first-order valence-electron chi connectivity index (χ1n) is 8.72. The van der Waals surface area contributed by atoms with E-state index in [9.17, 15) is 13.2 Å². The molecule has 1 aromatic carbocycles. The standard InChI is InChI=1S/C17H24N2O6S/c1-2-23-14-3-5-15(6-4-14)26(21,22)18-13-16(20)19-9-7-17(8-10-19)24-11-12-25-17/h3-6,18H,2,7-13H2,1H3. The molecule has 1 aromatic rings. The molecule has 9 heteroatoms. The van der Waals surface area contributed by atoms with Gasteiger partial charge in [0.05, 0.1) is 31.3 Å². The molecule has 1 N–H and O–H groups in total. The fourth-order valence-corrected chi connectivity index (χ4v) is 4.09. The van der Waals surface area contributed by atoms with E-state index in [1.54, 1.807) is 17.0 Å². The molecule has 0 aromatic heterocycles. The molecule has 2 aliphatic heterocycles. The molecule has 2 saturated heterocycles. The fraction of sp³-hybridized carbons (Fsp3) is 0.588. The predicted octanol–water partition coefficient (Wildman–Crippen LogP) is 0.729. The Labute approximate surface area is 153 Å². The van der Waals surface area contributed by atoms with Crippen LogP contribution in [0, 0.1) is 0 Å². The monoisotopic (exact) mass is 384 g/mol. The molecule has 8 nitrogen and oxygen atoms in total. The molecular formula is C17H24N2O6S. The SMILES string of the molecule is CCOc1ccc(S(=O)(=O)NCC(=O)N2CCC3(CC2)OCCO3)cc1. The van der Waals surface area contributed by atoms with Crippen LogP contribution in [0.4, 0.5) is 0 Å². The number of amides is 1. The maximum Gasteiger partial charge on any atom is 0.241 e. The van der Waals surface area contributed by atoms with Gasteiger partial charge in [0.25, 0.3) is 0 Å². The topological polar surface area (TPSA) is 94.2 Å². The number of hydrogen-bond donors (Lipinski definition) is 1. The maximum atomic E-state index is 12.3. The Morgan fingerprint density at radius 2 is 1.81 bits per heavy atom. The molecule has 0 saturated carbocycles. The zero-order chi connectivity index (χ0) is 18.6. The Morgan fingerprint density at radius 3 is 2.38 bits per heavy atom. The van der Waals surface area contributed by atoms with Crippen molar-refractivity contribution < 1.29 is 27.4 Å². The highest BCUT2D eigenvalue weighted by atomic mass is 32.2. The number of rotatable bonds is 6. The summed E-state index contributed by atoms with van der Waals surface area (Å²) in [6, 6.07) is 6.09. The van der Waals surface area contributed by atoms with Crippen LogP contribution >= 0.6 is 0 Å². The number of nitrogens with zero attached hydrogens (tertiary/aromatic N) is 1. The quantitative estimate of drug-likeness (QED) is 0.777. The molecule has 0 radical (unpaired) electrons. The van der Waals surface area contributed by atoms with Crippen molar-refractivity contribution in [1.82, 2.24) is 9.62 Å². The van der Waals surface area contributed by atoms with E-state index < -0.39 is 15.8 Å². The normalized spacial score (nSPS) is 19.7. The van der Waals surface area contributed by atoms with Gasteiger partial charge >= 0.3 is 0 Å². The van der Waals surface area contributed by atoms with Gasteiger partial charge in [0.15, 0.2) is 5.79 Å². The van der Waals surface area contributed by atoms with Crippen LogP contribution in [0.3, 0.4) is 0 Å². The number of ether oxygens (including phenoxy) is 3. The minimum atomic E-state index is -3.75. The predicted molar refractivity (Wildman–Crippen MR) is 93.2 cm³/mol. The molecule has 2 aliphatic rings. The second kappa shape index (κ2) is 7.91. The van der Waals surface area contributed by atoms with Crippen LogP contribution in [-0.2, 0) is 24.3 Å². The number of hydrogen-bond acceptors (Lipinski definition) is 6. The van der Waals surface area contributed by atoms with Crippen molar-refractivity contribution in [3.05, 3.63) is 24.3 Å². The molecule has 0 atom stereocenters. The van der Waals surface area contributed by atoms with Gasteiger partial charge in [-0.05, 0) is 31.2 Å². The minimum absolute atomic E-state index is 0.0964. The van der Waals surface area contributed by atoms with Gasteiger partial charge in [-0.1, -0.05) is 0 Å². The molecule has 1 amide bonds. The second-order valence-corrected chi connectivity index (χ2v) is 7.98. The highest BCUT2D eigenvalue weighted by molar-refractivity contribution is 7.89.